The van der Waals surface area contributed by atoms with Gasteiger partial charge in [-0.2, -0.15) is 0 Å². The number of fused-ring (bicyclic) bond motifs is 1. The van der Waals surface area contributed by atoms with Crippen LogP contribution >= 0.6 is 11.3 Å². The average Bonchev–Trinajstić information content (AvgIpc) is 3.60. The van der Waals surface area contributed by atoms with Crippen molar-refractivity contribution in [2.75, 3.05) is 0 Å². The zero-order valence-corrected chi connectivity index (χ0v) is 24.1. The lowest BCUT2D eigenvalue weighted by Gasteiger charge is -2.13. The Morgan fingerprint density at radius 2 is 1.36 bits per heavy atom. The van der Waals surface area contributed by atoms with Crippen LogP contribution in [0.3, 0.4) is 0 Å². The smallest absolute Gasteiger partial charge is 0.204 e. The van der Waals surface area contributed by atoms with Gasteiger partial charge in [0.15, 0.2) is 0 Å². The normalized spacial score (nSPS) is 15.1. The van der Waals surface area contributed by atoms with Crippen molar-refractivity contribution >= 4 is 42.6 Å². The van der Waals surface area contributed by atoms with Gasteiger partial charge in [0, 0.05) is 31.8 Å². The van der Waals surface area contributed by atoms with E-state index in [9.17, 15) is 8.42 Å². The first-order valence-corrected chi connectivity index (χ1v) is 15.5. The molecule has 6 rings (SSSR count). The van der Waals surface area contributed by atoms with Crippen LogP contribution in [0.5, 0.6) is 0 Å². The molecule has 1 aliphatic rings. The summed E-state index contributed by atoms with van der Waals surface area (Å²) in [5.74, 6) is 0.689. The SMILES string of the molecule is CC(C)C1=C(c2oc3ccccc3c2-c2cc(-c3ccccc3)sc2C(C)C)C=C(c2ccccc2)S1(=O)=O. The first-order chi connectivity index (χ1) is 18.8. The number of thiophene rings is 1. The summed E-state index contributed by atoms with van der Waals surface area (Å²) in [4.78, 5) is 3.17. The van der Waals surface area contributed by atoms with Crippen LogP contribution in [0.2, 0.25) is 0 Å². The second-order valence-electron chi connectivity index (χ2n) is 10.5. The minimum Gasteiger partial charge on any atom is -0.455 e. The number of allylic oxidation sites excluding steroid dienone is 3. The molecular weight excluding hydrogens is 521 g/mol. The molecule has 0 unspecified atom stereocenters. The Labute approximate surface area is 234 Å². The lowest BCUT2D eigenvalue weighted by atomic mass is 9.94. The van der Waals surface area contributed by atoms with E-state index in [4.69, 9.17) is 4.42 Å². The third-order valence-electron chi connectivity index (χ3n) is 7.16. The molecule has 3 aromatic carbocycles. The number of rotatable bonds is 6. The largest absolute Gasteiger partial charge is 0.455 e. The minimum absolute atomic E-state index is 0.213. The summed E-state index contributed by atoms with van der Waals surface area (Å²) in [6.45, 7) is 8.29. The van der Waals surface area contributed by atoms with Gasteiger partial charge >= 0.3 is 0 Å². The van der Waals surface area contributed by atoms with Gasteiger partial charge in [-0.05, 0) is 41.2 Å². The molecule has 0 amide bonds. The number of hydrogen-bond donors (Lipinski definition) is 0. The van der Waals surface area contributed by atoms with Gasteiger partial charge in [0.2, 0.25) is 9.84 Å². The molecule has 0 aliphatic carbocycles. The van der Waals surface area contributed by atoms with Crippen molar-refractivity contribution in [3.05, 3.63) is 118 Å². The quantitative estimate of drug-likeness (QED) is 0.211. The minimum atomic E-state index is -3.69. The van der Waals surface area contributed by atoms with Crippen molar-refractivity contribution in [3.8, 4) is 21.6 Å². The van der Waals surface area contributed by atoms with Crippen LogP contribution in [0.15, 0.2) is 106 Å². The predicted octanol–water partition coefficient (Wildman–Crippen LogP) is 9.79. The molecule has 3 nitrogen and oxygen atoms in total. The Hall–Kier alpha value is -3.67. The zero-order chi connectivity index (χ0) is 27.3. The maximum Gasteiger partial charge on any atom is 0.204 e. The first-order valence-electron chi connectivity index (χ1n) is 13.2. The second-order valence-corrected chi connectivity index (χ2v) is 13.5. The van der Waals surface area contributed by atoms with E-state index in [1.165, 1.54) is 15.3 Å². The molecule has 5 heteroatoms. The Kier molecular flexibility index (Phi) is 6.44. The van der Waals surface area contributed by atoms with Gasteiger partial charge in [-0.1, -0.05) is 107 Å². The Bertz CT molecular complexity index is 1850. The zero-order valence-electron chi connectivity index (χ0n) is 22.4. The van der Waals surface area contributed by atoms with E-state index in [1.807, 2.05) is 74.5 Å². The van der Waals surface area contributed by atoms with Crippen LogP contribution < -0.4 is 0 Å². The van der Waals surface area contributed by atoms with E-state index in [-0.39, 0.29) is 11.8 Å². The summed E-state index contributed by atoms with van der Waals surface area (Å²) in [5, 5.41) is 0.987. The molecule has 0 bridgehead atoms. The highest BCUT2D eigenvalue weighted by Gasteiger charge is 2.38. The van der Waals surface area contributed by atoms with Crippen LogP contribution in [0.25, 0.3) is 43.0 Å². The van der Waals surface area contributed by atoms with Crippen molar-refractivity contribution < 1.29 is 12.8 Å². The van der Waals surface area contributed by atoms with Crippen LogP contribution in [0.4, 0.5) is 0 Å². The molecule has 0 fully saturated rings. The lowest BCUT2D eigenvalue weighted by Crippen LogP contribution is -2.08. The number of para-hydroxylation sites is 1. The van der Waals surface area contributed by atoms with Crippen molar-refractivity contribution in [1.82, 2.24) is 0 Å². The summed E-state index contributed by atoms with van der Waals surface area (Å²) in [7, 11) is -3.69. The molecular formula is C34H30O3S2. The summed E-state index contributed by atoms with van der Waals surface area (Å²) in [6, 6.07) is 30.0. The van der Waals surface area contributed by atoms with Crippen molar-refractivity contribution in [1.29, 1.82) is 0 Å². The van der Waals surface area contributed by atoms with Gasteiger partial charge in [0.25, 0.3) is 0 Å². The van der Waals surface area contributed by atoms with E-state index >= 15 is 0 Å². The summed E-state index contributed by atoms with van der Waals surface area (Å²) < 4.78 is 34.5. The molecule has 39 heavy (non-hydrogen) atoms. The molecule has 1 aliphatic heterocycles. The van der Waals surface area contributed by atoms with Crippen molar-refractivity contribution in [2.45, 2.75) is 33.6 Å². The van der Waals surface area contributed by atoms with Crippen LogP contribution in [-0.4, -0.2) is 8.42 Å². The molecule has 3 heterocycles. The maximum atomic E-state index is 14.0. The lowest BCUT2D eigenvalue weighted by molar-refractivity contribution is 0.596. The fourth-order valence-electron chi connectivity index (χ4n) is 5.46. The number of benzene rings is 3. The molecule has 196 valence electrons. The predicted molar refractivity (Wildman–Crippen MR) is 164 cm³/mol. The van der Waals surface area contributed by atoms with Crippen LogP contribution in [-0.2, 0) is 9.84 Å². The van der Waals surface area contributed by atoms with E-state index in [0.717, 1.165) is 22.1 Å². The Morgan fingerprint density at radius 1 is 0.744 bits per heavy atom. The van der Waals surface area contributed by atoms with Gasteiger partial charge in [0.1, 0.15) is 11.3 Å². The van der Waals surface area contributed by atoms with E-state index in [0.29, 0.717) is 26.7 Å². The third-order valence-corrected chi connectivity index (χ3v) is 10.8. The Morgan fingerprint density at radius 3 is 2.00 bits per heavy atom. The molecule has 0 saturated carbocycles. The second kappa shape index (κ2) is 9.82. The highest BCUT2D eigenvalue weighted by atomic mass is 32.2. The molecule has 0 radical (unpaired) electrons. The molecule has 5 aromatic rings. The number of hydrogen-bond acceptors (Lipinski definition) is 4. The highest BCUT2D eigenvalue weighted by molar-refractivity contribution is 8.04. The summed E-state index contributed by atoms with van der Waals surface area (Å²) in [5.41, 5.74) is 5.32. The van der Waals surface area contributed by atoms with Crippen molar-refractivity contribution in [3.63, 3.8) is 0 Å². The number of sulfone groups is 1. The highest BCUT2D eigenvalue weighted by Crippen LogP contribution is 2.51. The average molecular weight is 551 g/mol. The van der Waals surface area contributed by atoms with Gasteiger partial charge < -0.3 is 4.42 Å². The molecule has 0 atom stereocenters. The Balaban J connectivity index is 1.67. The topological polar surface area (TPSA) is 47.3 Å². The van der Waals surface area contributed by atoms with E-state index < -0.39 is 9.84 Å². The maximum absolute atomic E-state index is 14.0. The van der Waals surface area contributed by atoms with Crippen molar-refractivity contribution in [2.24, 2.45) is 5.92 Å². The standard InChI is InChI=1S/C34H30O3S2/c1-21(2)33-26(19-29(38-33)23-13-7-5-8-14-23)31-25-17-11-12-18-28(25)37-32(31)27-20-30(24-15-9-6-10-16-24)39(35,36)34(27)22(3)4/h5-22H,1-4H3. The number of furan rings is 1. The van der Waals surface area contributed by atoms with E-state index in [2.05, 4.69) is 50.2 Å². The first kappa shape index (κ1) is 25.6. The molecule has 2 aromatic heterocycles. The van der Waals surface area contributed by atoms with Gasteiger partial charge in [-0.15, -0.1) is 11.3 Å². The summed E-state index contributed by atoms with van der Waals surface area (Å²) >= 11 is 1.79. The fourth-order valence-corrected chi connectivity index (χ4v) is 8.65. The third kappa shape index (κ3) is 4.30. The monoisotopic (exact) mass is 550 g/mol. The van der Waals surface area contributed by atoms with Gasteiger partial charge in [-0.3, -0.25) is 0 Å². The van der Waals surface area contributed by atoms with Gasteiger partial charge in [-0.25, -0.2) is 8.42 Å². The molecule has 0 saturated heterocycles. The molecule has 0 spiro atoms. The fraction of sp³-hybridized carbons (Fsp3) is 0.176. The van der Waals surface area contributed by atoms with Gasteiger partial charge in [0.05, 0.1) is 9.81 Å². The summed E-state index contributed by atoms with van der Waals surface area (Å²) in [6.07, 6.45) is 1.82. The van der Waals surface area contributed by atoms with Crippen LogP contribution in [0.1, 0.15) is 49.8 Å². The van der Waals surface area contributed by atoms with E-state index in [1.54, 1.807) is 11.3 Å². The van der Waals surface area contributed by atoms with Crippen LogP contribution in [0, 0.1) is 5.92 Å². The molecule has 0 N–H and O–H groups in total.